The molecule has 1 N–H and O–H groups in total. The number of amides is 1. The van der Waals surface area contributed by atoms with Crippen molar-refractivity contribution in [3.63, 3.8) is 0 Å². The molecule has 2 atom stereocenters. The van der Waals surface area contributed by atoms with Gasteiger partial charge in [-0.2, -0.15) is 15.6 Å². The zero-order chi connectivity index (χ0) is 27.1. The standard InChI is InChI=1S/C28H24Br2N8O/c29-20-1-2-24(30)23(9-20)28(39)36-8-5-25(17(13-36)3-6-31)37-15-21(16-37)38-14-19(12-35-38)26-18(10-32)11-34-27-22(26)4-7-33-27/h1-2,4,7,9,11-12,14,17,21,25H,3,5,8,13,15-16H2,(H,33,34). The number of halogens is 2. The van der Waals surface area contributed by atoms with Crippen LogP contribution in [0.1, 0.15) is 34.8 Å². The van der Waals surface area contributed by atoms with Gasteiger partial charge in [-0.05, 0) is 46.6 Å². The van der Waals surface area contributed by atoms with E-state index in [1.807, 2.05) is 52.4 Å². The van der Waals surface area contributed by atoms with E-state index in [1.165, 1.54) is 0 Å². The summed E-state index contributed by atoms with van der Waals surface area (Å²) in [5.74, 6) is 0.0733. The molecule has 39 heavy (non-hydrogen) atoms. The normalized spacial score (nSPS) is 19.9. The molecule has 2 fully saturated rings. The van der Waals surface area contributed by atoms with Gasteiger partial charge in [0.05, 0.1) is 29.4 Å². The zero-order valence-electron chi connectivity index (χ0n) is 20.9. The molecule has 196 valence electrons. The number of nitriles is 2. The van der Waals surface area contributed by atoms with Gasteiger partial charge in [-0.15, -0.1) is 0 Å². The van der Waals surface area contributed by atoms with Crippen molar-refractivity contribution in [3.8, 4) is 23.3 Å². The molecule has 0 bridgehead atoms. The van der Waals surface area contributed by atoms with Crippen LogP contribution in [-0.2, 0) is 0 Å². The number of nitrogens with one attached hydrogen (secondary N) is 1. The van der Waals surface area contributed by atoms with Crippen molar-refractivity contribution in [1.82, 2.24) is 29.5 Å². The van der Waals surface area contributed by atoms with Gasteiger partial charge in [0.2, 0.25) is 0 Å². The molecule has 3 aromatic heterocycles. The first kappa shape index (κ1) is 25.8. The molecule has 1 aromatic carbocycles. The van der Waals surface area contributed by atoms with Crippen LogP contribution in [-0.4, -0.2) is 67.7 Å². The molecule has 5 heterocycles. The summed E-state index contributed by atoms with van der Waals surface area (Å²) in [5, 5.41) is 24.7. The molecule has 2 saturated heterocycles. The summed E-state index contributed by atoms with van der Waals surface area (Å²) in [6.45, 7) is 2.89. The molecule has 11 heteroatoms. The second-order valence-corrected chi connectivity index (χ2v) is 11.8. The van der Waals surface area contributed by atoms with Gasteiger partial charge < -0.3 is 9.88 Å². The first-order valence-corrected chi connectivity index (χ1v) is 14.3. The van der Waals surface area contributed by atoms with E-state index in [9.17, 15) is 15.3 Å². The maximum absolute atomic E-state index is 13.3. The predicted molar refractivity (Wildman–Crippen MR) is 153 cm³/mol. The number of carbonyl (C=O) groups excluding carboxylic acids is 1. The lowest BCUT2D eigenvalue weighted by Crippen LogP contribution is -2.59. The third-order valence-corrected chi connectivity index (χ3v) is 9.01. The minimum absolute atomic E-state index is 0.0144. The molecule has 0 radical (unpaired) electrons. The fourth-order valence-electron chi connectivity index (χ4n) is 5.83. The lowest BCUT2D eigenvalue weighted by molar-refractivity contribution is -0.00804. The lowest BCUT2D eigenvalue weighted by Gasteiger charge is -2.50. The van der Waals surface area contributed by atoms with E-state index in [-0.39, 0.29) is 23.9 Å². The number of aromatic amines is 1. The van der Waals surface area contributed by atoms with Crippen LogP contribution in [0, 0.1) is 28.6 Å². The van der Waals surface area contributed by atoms with E-state index in [0.29, 0.717) is 30.6 Å². The minimum Gasteiger partial charge on any atom is -0.346 e. The predicted octanol–water partition coefficient (Wildman–Crippen LogP) is 5.12. The fourth-order valence-corrected chi connectivity index (χ4v) is 6.61. The molecule has 2 aliphatic heterocycles. The number of hydrogen-bond donors (Lipinski definition) is 1. The smallest absolute Gasteiger partial charge is 0.255 e. The zero-order valence-corrected chi connectivity index (χ0v) is 24.1. The van der Waals surface area contributed by atoms with E-state index in [2.05, 4.69) is 64.0 Å². The highest BCUT2D eigenvalue weighted by molar-refractivity contribution is 9.11. The molecule has 6 rings (SSSR count). The topological polar surface area (TPSA) is 118 Å². The van der Waals surface area contributed by atoms with Gasteiger partial charge in [0.1, 0.15) is 11.7 Å². The molecule has 4 aromatic rings. The number of carbonyl (C=O) groups is 1. The maximum atomic E-state index is 13.3. The Hall–Kier alpha value is -3.51. The van der Waals surface area contributed by atoms with E-state index < -0.39 is 0 Å². The van der Waals surface area contributed by atoms with Gasteiger partial charge in [-0.3, -0.25) is 14.4 Å². The van der Waals surface area contributed by atoms with Crippen molar-refractivity contribution in [2.45, 2.75) is 24.9 Å². The average Bonchev–Trinajstić information content (AvgIpc) is 3.59. The van der Waals surface area contributed by atoms with Gasteiger partial charge in [0.25, 0.3) is 5.91 Å². The second kappa shape index (κ2) is 10.6. The number of aromatic nitrogens is 4. The molecule has 0 spiro atoms. The number of hydrogen-bond acceptors (Lipinski definition) is 6. The molecular formula is C28H24Br2N8O. The molecule has 0 aliphatic carbocycles. The minimum atomic E-state index is -0.0144. The van der Waals surface area contributed by atoms with Crippen LogP contribution < -0.4 is 0 Å². The maximum Gasteiger partial charge on any atom is 0.255 e. The molecule has 0 saturated carbocycles. The number of rotatable bonds is 5. The van der Waals surface area contributed by atoms with Crippen LogP contribution in [0.25, 0.3) is 22.2 Å². The first-order valence-electron chi connectivity index (χ1n) is 12.7. The SMILES string of the molecule is N#CCC1CN(C(=O)c2cc(Br)ccc2Br)CCC1N1CC(n2cc(-c3c(C#N)cnc4[nH]ccc34)cn2)C1. The van der Waals surface area contributed by atoms with Crippen LogP contribution in [0.2, 0.25) is 0 Å². The van der Waals surface area contributed by atoms with Crippen LogP contribution in [0.5, 0.6) is 0 Å². The van der Waals surface area contributed by atoms with Crippen molar-refractivity contribution < 1.29 is 4.79 Å². The van der Waals surface area contributed by atoms with Crippen molar-refractivity contribution in [1.29, 1.82) is 10.5 Å². The van der Waals surface area contributed by atoms with Gasteiger partial charge in [-0.1, -0.05) is 15.9 Å². The van der Waals surface area contributed by atoms with Gasteiger partial charge in [-0.25, -0.2) is 4.98 Å². The number of fused-ring (bicyclic) bond motifs is 1. The van der Waals surface area contributed by atoms with E-state index >= 15 is 0 Å². The first-order chi connectivity index (χ1) is 19.0. The third-order valence-electron chi connectivity index (χ3n) is 7.82. The van der Waals surface area contributed by atoms with E-state index in [4.69, 9.17) is 0 Å². The van der Waals surface area contributed by atoms with Crippen LogP contribution >= 0.6 is 31.9 Å². The Morgan fingerprint density at radius 3 is 2.79 bits per heavy atom. The van der Waals surface area contributed by atoms with Crippen LogP contribution in [0.15, 0.2) is 58.0 Å². The number of H-pyrrole nitrogens is 1. The summed E-state index contributed by atoms with van der Waals surface area (Å²) in [6, 6.07) is 12.6. The Kier molecular flexibility index (Phi) is 6.98. The van der Waals surface area contributed by atoms with Gasteiger partial charge in [0.15, 0.2) is 0 Å². The summed E-state index contributed by atoms with van der Waals surface area (Å²) in [5.41, 5.74) is 3.63. The van der Waals surface area contributed by atoms with Gasteiger partial charge in [0, 0.05) is 88.6 Å². The number of pyridine rings is 1. The Labute approximate surface area is 242 Å². The summed E-state index contributed by atoms with van der Waals surface area (Å²) in [4.78, 5) is 25.0. The summed E-state index contributed by atoms with van der Waals surface area (Å²) in [6.07, 6.45) is 8.48. The third kappa shape index (κ3) is 4.76. The van der Waals surface area contributed by atoms with Crippen molar-refractivity contribution in [2.24, 2.45) is 5.92 Å². The molecule has 2 aliphatic rings. The van der Waals surface area contributed by atoms with E-state index in [0.717, 1.165) is 50.6 Å². The highest BCUT2D eigenvalue weighted by atomic mass is 79.9. The largest absolute Gasteiger partial charge is 0.346 e. The van der Waals surface area contributed by atoms with E-state index in [1.54, 1.807) is 6.20 Å². The molecule has 2 unspecified atom stereocenters. The highest BCUT2D eigenvalue weighted by Crippen LogP contribution is 2.35. The Morgan fingerprint density at radius 1 is 1.15 bits per heavy atom. The van der Waals surface area contributed by atoms with Crippen molar-refractivity contribution in [2.75, 3.05) is 26.2 Å². The molecule has 9 nitrogen and oxygen atoms in total. The monoisotopic (exact) mass is 646 g/mol. The Morgan fingerprint density at radius 2 is 2.00 bits per heavy atom. The van der Waals surface area contributed by atoms with Gasteiger partial charge >= 0.3 is 0 Å². The number of benzene rings is 1. The lowest BCUT2D eigenvalue weighted by atomic mass is 9.86. The number of nitrogens with zero attached hydrogens (tertiary/aromatic N) is 7. The highest BCUT2D eigenvalue weighted by Gasteiger charge is 2.41. The second-order valence-electron chi connectivity index (χ2n) is 10.1. The summed E-state index contributed by atoms with van der Waals surface area (Å²) in [7, 11) is 0. The Bertz CT molecular complexity index is 1640. The molecular weight excluding hydrogens is 624 g/mol. The van der Waals surface area contributed by atoms with Crippen LogP contribution in [0.4, 0.5) is 0 Å². The molecule has 1 amide bonds. The number of likely N-dealkylation sites (tertiary alicyclic amines) is 2. The van der Waals surface area contributed by atoms with Crippen molar-refractivity contribution >= 4 is 48.8 Å². The number of piperidine rings is 1. The van der Waals surface area contributed by atoms with Crippen LogP contribution in [0.3, 0.4) is 0 Å². The Balaban J connectivity index is 1.14. The average molecular weight is 648 g/mol. The fraction of sp³-hybridized carbons (Fsp3) is 0.321. The van der Waals surface area contributed by atoms with Crippen molar-refractivity contribution in [3.05, 3.63) is 69.1 Å². The summed E-state index contributed by atoms with van der Waals surface area (Å²) >= 11 is 6.96. The summed E-state index contributed by atoms with van der Waals surface area (Å²) < 4.78 is 3.61. The quantitative estimate of drug-likeness (QED) is 0.321.